The first-order valence-electron chi connectivity index (χ1n) is 4.11. The van der Waals surface area contributed by atoms with Gasteiger partial charge in [0.25, 0.3) is 0 Å². The molecule has 0 unspecified atom stereocenters. The van der Waals surface area contributed by atoms with E-state index < -0.39 is 0 Å². The van der Waals surface area contributed by atoms with Gasteiger partial charge < -0.3 is 0 Å². The summed E-state index contributed by atoms with van der Waals surface area (Å²) in [7, 11) is 0. The van der Waals surface area contributed by atoms with Gasteiger partial charge in [0.15, 0.2) is 5.84 Å². The summed E-state index contributed by atoms with van der Waals surface area (Å²) in [5, 5.41) is 2.19. The lowest BCUT2D eigenvalue weighted by molar-refractivity contribution is 0.452. The SMILES string of the molecule is NN1CN=CN=C1c1ccc(Cl)cc1. The first-order valence-corrected chi connectivity index (χ1v) is 4.49. The van der Waals surface area contributed by atoms with Crippen LogP contribution < -0.4 is 5.84 Å². The molecular formula is C9H9ClN4. The molecule has 4 nitrogen and oxygen atoms in total. The van der Waals surface area contributed by atoms with Crippen molar-refractivity contribution in [2.24, 2.45) is 15.8 Å². The highest BCUT2D eigenvalue weighted by molar-refractivity contribution is 6.30. The molecule has 0 bridgehead atoms. The van der Waals surface area contributed by atoms with E-state index in [4.69, 9.17) is 17.4 Å². The topological polar surface area (TPSA) is 54.0 Å². The van der Waals surface area contributed by atoms with Crippen LogP contribution in [0.3, 0.4) is 0 Å². The summed E-state index contributed by atoms with van der Waals surface area (Å²) in [6.45, 7) is 0.432. The predicted octanol–water partition coefficient (Wildman–Crippen LogP) is 1.26. The molecule has 0 radical (unpaired) electrons. The van der Waals surface area contributed by atoms with Crippen LogP contribution >= 0.6 is 11.6 Å². The Kier molecular flexibility index (Phi) is 2.47. The van der Waals surface area contributed by atoms with Gasteiger partial charge in [-0.15, -0.1) is 0 Å². The molecule has 0 saturated carbocycles. The minimum Gasteiger partial charge on any atom is -0.272 e. The molecule has 1 aliphatic heterocycles. The minimum absolute atomic E-state index is 0.432. The number of halogens is 1. The molecule has 0 amide bonds. The maximum absolute atomic E-state index is 5.78. The first-order chi connectivity index (χ1) is 6.77. The largest absolute Gasteiger partial charge is 0.272 e. The molecule has 0 aromatic heterocycles. The predicted molar refractivity (Wildman–Crippen MR) is 57.4 cm³/mol. The smallest absolute Gasteiger partial charge is 0.153 e. The summed E-state index contributed by atoms with van der Waals surface area (Å²) in [6.07, 6.45) is 1.51. The number of rotatable bonds is 1. The van der Waals surface area contributed by atoms with Crippen molar-refractivity contribution in [2.75, 3.05) is 6.67 Å². The van der Waals surface area contributed by atoms with Crippen molar-refractivity contribution in [1.29, 1.82) is 0 Å². The number of hydrogen-bond acceptors (Lipinski definition) is 4. The van der Waals surface area contributed by atoms with E-state index in [2.05, 4.69) is 9.98 Å². The Bertz CT molecular complexity index is 382. The van der Waals surface area contributed by atoms with E-state index in [0.717, 1.165) is 5.56 Å². The lowest BCUT2D eigenvalue weighted by atomic mass is 10.2. The van der Waals surface area contributed by atoms with E-state index in [1.54, 1.807) is 12.1 Å². The summed E-state index contributed by atoms with van der Waals surface area (Å²) in [4.78, 5) is 8.01. The van der Waals surface area contributed by atoms with E-state index in [9.17, 15) is 0 Å². The Hall–Kier alpha value is -1.39. The number of benzene rings is 1. The second-order valence-corrected chi connectivity index (χ2v) is 3.31. The van der Waals surface area contributed by atoms with E-state index in [1.807, 2.05) is 12.1 Å². The summed E-state index contributed by atoms with van der Waals surface area (Å²) < 4.78 is 0. The van der Waals surface area contributed by atoms with E-state index >= 15 is 0 Å². The van der Waals surface area contributed by atoms with Crippen molar-refractivity contribution < 1.29 is 0 Å². The zero-order chi connectivity index (χ0) is 9.97. The van der Waals surface area contributed by atoms with Crippen LogP contribution in [0.4, 0.5) is 0 Å². The Balaban J connectivity index is 2.34. The van der Waals surface area contributed by atoms with Crippen molar-refractivity contribution >= 4 is 23.8 Å². The number of nitrogens with zero attached hydrogens (tertiary/aromatic N) is 3. The van der Waals surface area contributed by atoms with Crippen molar-refractivity contribution in [2.45, 2.75) is 0 Å². The molecule has 0 atom stereocenters. The molecule has 1 aromatic carbocycles. The van der Waals surface area contributed by atoms with Crippen LogP contribution in [0, 0.1) is 0 Å². The fraction of sp³-hybridized carbons (Fsp3) is 0.111. The van der Waals surface area contributed by atoms with Crippen LogP contribution in [0.1, 0.15) is 5.56 Å². The number of hydrazine groups is 1. The third kappa shape index (κ3) is 1.76. The van der Waals surface area contributed by atoms with Crippen LogP contribution in [0.2, 0.25) is 5.02 Å². The molecule has 0 fully saturated rings. The first kappa shape index (κ1) is 9.18. The Morgan fingerprint density at radius 2 is 2.00 bits per heavy atom. The van der Waals surface area contributed by atoms with Gasteiger partial charge in [-0.1, -0.05) is 11.6 Å². The maximum atomic E-state index is 5.78. The van der Waals surface area contributed by atoms with Gasteiger partial charge in [0, 0.05) is 10.6 Å². The number of nitrogens with two attached hydrogens (primary N) is 1. The fourth-order valence-electron chi connectivity index (χ4n) is 1.20. The number of amidine groups is 1. The Morgan fingerprint density at radius 1 is 1.29 bits per heavy atom. The van der Waals surface area contributed by atoms with Crippen molar-refractivity contribution in [3.63, 3.8) is 0 Å². The van der Waals surface area contributed by atoms with Gasteiger partial charge in [-0.3, -0.25) is 10.0 Å². The van der Waals surface area contributed by atoms with E-state index in [0.29, 0.717) is 17.5 Å². The van der Waals surface area contributed by atoms with Crippen LogP contribution in [0.15, 0.2) is 34.3 Å². The Morgan fingerprint density at radius 3 is 2.64 bits per heavy atom. The van der Waals surface area contributed by atoms with Gasteiger partial charge in [-0.25, -0.2) is 10.8 Å². The van der Waals surface area contributed by atoms with Gasteiger partial charge in [-0.05, 0) is 24.3 Å². The van der Waals surface area contributed by atoms with Gasteiger partial charge in [0.2, 0.25) is 0 Å². The zero-order valence-corrected chi connectivity index (χ0v) is 8.15. The zero-order valence-electron chi connectivity index (χ0n) is 7.39. The number of hydrogen-bond donors (Lipinski definition) is 1. The standard InChI is InChI=1S/C9H9ClN4/c10-8-3-1-7(2-4-8)9-13-5-12-6-14(9)11/h1-5H,6,11H2. The van der Waals surface area contributed by atoms with Crippen molar-refractivity contribution in [1.82, 2.24) is 5.01 Å². The van der Waals surface area contributed by atoms with Crippen LogP contribution in [0.25, 0.3) is 0 Å². The molecular weight excluding hydrogens is 200 g/mol. The molecule has 1 aromatic rings. The third-order valence-electron chi connectivity index (χ3n) is 1.87. The van der Waals surface area contributed by atoms with Gasteiger partial charge in [-0.2, -0.15) is 0 Å². The molecule has 0 spiro atoms. The normalized spacial score (nSPS) is 15.6. The van der Waals surface area contributed by atoms with E-state index in [1.165, 1.54) is 11.3 Å². The van der Waals surface area contributed by atoms with E-state index in [-0.39, 0.29) is 0 Å². The molecule has 72 valence electrons. The molecule has 5 heteroatoms. The monoisotopic (exact) mass is 208 g/mol. The van der Waals surface area contributed by atoms with Gasteiger partial charge >= 0.3 is 0 Å². The molecule has 1 heterocycles. The maximum Gasteiger partial charge on any atom is 0.153 e. The van der Waals surface area contributed by atoms with Crippen molar-refractivity contribution in [3.8, 4) is 0 Å². The highest BCUT2D eigenvalue weighted by atomic mass is 35.5. The lowest BCUT2D eigenvalue weighted by Gasteiger charge is -2.20. The van der Waals surface area contributed by atoms with Crippen LogP contribution in [-0.2, 0) is 0 Å². The fourth-order valence-corrected chi connectivity index (χ4v) is 1.33. The molecule has 14 heavy (non-hydrogen) atoms. The quantitative estimate of drug-likeness (QED) is 0.707. The van der Waals surface area contributed by atoms with Crippen LogP contribution in [-0.4, -0.2) is 23.9 Å². The molecule has 2 rings (SSSR count). The number of aliphatic imine (C=N–C) groups is 2. The average Bonchev–Trinajstić information content (AvgIpc) is 2.20. The summed E-state index contributed by atoms with van der Waals surface area (Å²) >= 11 is 5.78. The van der Waals surface area contributed by atoms with Gasteiger partial charge in [0.1, 0.15) is 13.0 Å². The second-order valence-electron chi connectivity index (χ2n) is 2.87. The van der Waals surface area contributed by atoms with Crippen LogP contribution in [0.5, 0.6) is 0 Å². The second kappa shape index (κ2) is 3.77. The summed E-state index contributed by atoms with van der Waals surface area (Å²) in [5.41, 5.74) is 0.933. The minimum atomic E-state index is 0.432. The Labute approximate surface area is 86.7 Å². The molecule has 0 aliphatic carbocycles. The van der Waals surface area contributed by atoms with Gasteiger partial charge in [0.05, 0.1) is 0 Å². The summed E-state index contributed by atoms with van der Waals surface area (Å²) in [5.74, 6) is 6.41. The summed E-state index contributed by atoms with van der Waals surface area (Å²) in [6, 6.07) is 7.36. The highest BCUT2D eigenvalue weighted by Gasteiger charge is 2.11. The van der Waals surface area contributed by atoms with Crippen molar-refractivity contribution in [3.05, 3.63) is 34.9 Å². The molecule has 0 saturated heterocycles. The molecule has 2 N–H and O–H groups in total. The lowest BCUT2D eigenvalue weighted by Crippen LogP contribution is -2.39. The molecule has 1 aliphatic rings. The average molecular weight is 209 g/mol. The third-order valence-corrected chi connectivity index (χ3v) is 2.12. The highest BCUT2D eigenvalue weighted by Crippen LogP contribution is 2.11.